The highest BCUT2D eigenvalue weighted by atomic mass is 19.4. The zero-order valence-corrected chi connectivity index (χ0v) is 25.4. The number of aromatic nitrogens is 2. The number of benzene rings is 1. The van der Waals surface area contributed by atoms with Crippen LogP contribution >= 0.6 is 0 Å². The first-order chi connectivity index (χ1) is 22.0. The second kappa shape index (κ2) is 17.7. The second-order valence-corrected chi connectivity index (χ2v) is 10.9. The van der Waals surface area contributed by atoms with Gasteiger partial charge in [0.05, 0.1) is 30.5 Å². The van der Waals surface area contributed by atoms with Crippen LogP contribution in [0.3, 0.4) is 0 Å². The Bertz CT molecular complexity index is 1270. The number of halogens is 6. The van der Waals surface area contributed by atoms with E-state index in [-0.39, 0.29) is 23.3 Å². The SMILES string of the molecule is CONC(=O)CCCCC[C@H](NC(=O)C12CCN(CC1)CC2)c1ncc(-c2ccccc2)[nH]1.O=C(O)C(F)(F)F.O=C(O)C(F)(F)F. The molecular formula is C29H37F6N5O7. The molecule has 2 bridgehead atoms. The maximum absolute atomic E-state index is 13.4. The fourth-order valence-corrected chi connectivity index (χ4v) is 5.01. The number of carbonyl (C=O) groups excluding carboxylic acids is 2. The van der Waals surface area contributed by atoms with Crippen molar-refractivity contribution in [3.63, 3.8) is 0 Å². The standard InChI is InChI=1S/C25H35N5O3.2C2HF3O2/c1-33-29-22(31)11-7-3-6-10-20(23-26-18-21(27-23)19-8-4-2-5-9-19)28-24(32)25-12-15-30(16-13-25)17-14-25;2*3-2(4,5)1(6)7/h2,4-5,8-9,18,20H,3,6-7,10-17H2,1H3,(H,26,27)(H,28,32)(H,29,31);2*(H,6,7)/t20-;;/m0../s1. The number of hydrogen-bond donors (Lipinski definition) is 5. The number of nitrogens with one attached hydrogen (secondary N) is 3. The molecule has 2 amide bonds. The molecule has 0 spiro atoms. The highest BCUT2D eigenvalue weighted by Crippen LogP contribution is 2.41. The summed E-state index contributed by atoms with van der Waals surface area (Å²) in [6, 6.07) is 9.92. The number of H-pyrrole nitrogens is 1. The van der Waals surface area contributed by atoms with E-state index in [4.69, 9.17) is 19.8 Å². The number of alkyl halides is 6. The van der Waals surface area contributed by atoms with Gasteiger partial charge < -0.3 is 25.4 Å². The van der Waals surface area contributed by atoms with E-state index < -0.39 is 24.3 Å². The maximum Gasteiger partial charge on any atom is 0.490 e. The summed E-state index contributed by atoms with van der Waals surface area (Å²) in [6.45, 7) is 3.04. The van der Waals surface area contributed by atoms with Crippen molar-refractivity contribution in [2.24, 2.45) is 5.41 Å². The summed E-state index contributed by atoms with van der Waals surface area (Å²) >= 11 is 0. The van der Waals surface area contributed by atoms with E-state index in [1.807, 2.05) is 36.5 Å². The zero-order valence-electron chi connectivity index (χ0n) is 25.4. The molecule has 3 aliphatic heterocycles. The average molecular weight is 682 g/mol. The first-order valence-electron chi connectivity index (χ1n) is 14.5. The highest BCUT2D eigenvalue weighted by molar-refractivity contribution is 5.83. The summed E-state index contributed by atoms with van der Waals surface area (Å²) in [5.74, 6) is -4.66. The van der Waals surface area contributed by atoms with Crippen LogP contribution in [0.25, 0.3) is 11.3 Å². The van der Waals surface area contributed by atoms with Crippen LogP contribution in [0.4, 0.5) is 26.3 Å². The van der Waals surface area contributed by atoms with E-state index in [1.54, 1.807) is 0 Å². The Morgan fingerprint density at radius 1 is 0.936 bits per heavy atom. The first-order valence-corrected chi connectivity index (χ1v) is 14.5. The summed E-state index contributed by atoms with van der Waals surface area (Å²) in [6.07, 6.45) is -1.72. The molecule has 3 aliphatic rings. The quantitative estimate of drug-likeness (QED) is 0.129. The number of carboxylic acid groups (broad SMARTS) is 2. The topological polar surface area (TPSA) is 174 Å². The van der Waals surface area contributed by atoms with Crippen LogP contribution in [0, 0.1) is 5.41 Å². The predicted molar refractivity (Wildman–Crippen MR) is 153 cm³/mol. The van der Waals surface area contributed by atoms with Crippen LogP contribution in [0.15, 0.2) is 36.5 Å². The van der Waals surface area contributed by atoms with E-state index in [0.717, 1.165) is 81.7 Å². The lowest BCUT2D eigenvalue weighted by atomic mass is 9.71. The van der Waals surface area contributed by atoms with Crippen molar-refractivity contribution in [1.29, 1.82) is 0 Å². The molecular weight excluding hydrogens is 644 g/mol. The van der Waals surface area contributed by atoms with Crippen molar-refractivity contribution < 1.29 is 60.6 Å². The van der Waals surface area contributed by atoms with E-state index in [2.05, 4.69) is 30.5 Å². The fourth-order valence-electron chi connectivity index (χ4n) is 5.01. The van der Waals surface area contributed by atoms with Gasteiger partial charge in [0.15, 0.2) is 0 Å². The van der Waals surface area contributed by atoms with E-state index >= 15 is 0 Å². The third-order valence-electron chi connectivity index (χ3n) is 7.61. The molecule has 0 saturated carbocycles. The number of hydroxylamine groups is 1. The van der Waals surface area contributed by atoms with E-state index in [9.17, 15) is 35.9 Å². The van der Waals surface area contributed by atoms with Gasteiger partial charge in [0.25, 0.3) is 0 Å². The molecule has 3 fully saturated rings. The minimum atomic E-state index is -5.08. The summed E-state index contributed by atoms with van der Waals surface area (Å²) in [5, 5.41) is 17.6. The number of aromatic amines is 1. The van der Waals surface area contributed by atoms with Gasteiger partial charge in [-0.3, -0.25) is 14.4 Å². The van der Waals surface area contributed by atoms with Crippen LogP contribution in [0.2, 0.25) is 0 Å². The van der Waals surface area contributed by atoms with Crippen LogP contribution in [0.1, 0.15) is 63.2 Å². The van der Waals surface area contributed by atoms with Gasteiger partial charge in [0.1, 0.15) is 5.82 Å². The molecule has 1 aromatic carbocycles. The number of nitrogens with zero attached hydrogens (tertiary/aromatic N) is 2. The number of aliphatic carboxylic acids is 2. The Morgan fingerprint density at radius 2 is 1.47 bits per heavy atom. The maximum atomic E-state index is 13.4. The van der Waals surface area contributed by atoms with Crippen molar-refractivity contribution in [1.82, 2.24) is 25.7 Å². The summed E-state index contributed by atoms with van der Waals surface area (Å²) in [7, 11) is 1.44. The van der Waals surface area contributed by atoms with E-state index in [0.29, 0.717) is 6.42 Å². The van der Waals surface area contributed by atoms with Gasteiger partial charge in [-0.15, -0.1) is 0 Å². The second-order valence-electron chi connectivity index (χ2n) is 10.9. The van der Waals surface area contributed by atoms with Crippen molar-refractivity contribution in [2.75, 3.05) is 26.7 Å². The van der Waals surface area contributed by atoms with Crippen LogP contribution in [-0.2, 0) is 24.0 Å². The summed E-state index contributed by atoms with van der Waals surface area (Å²) in [5.41, 5.74) is 4.14. The number of piperidine rings is 3. The Balaban J connectivity index is 0.000000459. The third kappa shape index (κ3) is 12.8. The van der Waals surface area contributed by atoms with E-state index in [1.165, 1.54) is 7.11 Å². The number of amides is 2. The molecule has 0 aliphatic carbocycles. The van der Waals surface area contributed by atoms with Gasteiger partial charge in [-0.1, -0.05) is 43.2 Å². The van der Waals surface area contributed by atoms with Crippen molar-refractivity contribution in [2.45, 2.75) is 69.8 Å². The van der Waals surface area contributed by atoms with Gasteiger partial charge in [0.2, 0.25) is 11.8 Å². The number of rotatable bonds is 11. The zero-order chi connectivity index (χ0) is 35.3. The van der Waals surface area contributed by atoms with Crippen molar-refractivity contribution in [3.05, 3.63) is 42.4 Å². The largest absolute Gasteiger partial charge is 0.490 e. The number of imidazole rings is 1. The van der Waals surface area contributed by atoms with Gasteiger partial charge in [-0.2, -0.15) is 26.3 Å². The smallest absolute Gasteiger partial charge is 0.475 e. The molecule has 18 heteroatoms. The van der Waals surface area contributed by atoms with Gasteiger partial charge in [-0.05, 0) is 57.3 Å². The Kier molecular flexibility index (Phi) is 14.6. The molecule has 2 aromatic rings. The number of fused-ring (bicyclic) bond motifs is 3. The molecule has 1 atom stereocenters. The van der Waals surface area contributed by atoms with Crippen molar-refractivity contribution >= 4 is 23.8 Å². The molecule has 12 nitrogen and oxygen atoms in total. The monoisotopic (exact) mass is 681 g/mol. The lowest BCUT2D eigenvalue weighted by Gasteiger charge is -2.47. The molecule has 4 heterocycles. The fraction of sp³-hybridized carbons (Fsp3) is 0.552. The number of hydrogen-bond acceptors (Lipinski definition) is 7. The molecule has 47 heavy (non-hydrogen) atoms. The molecule has 262 valence electrons. The number of unbranched alkanes of at least 4 members (excludes halogenated alkanes) is 2. The molecule has 0 radical (unpaired) electrons. The average Bonchev–Trinajstić information content (AvgIpc) is 3.52. The Hall–Kier alpha value is -4.19. The molecule has 1 aromatic heterocycles. The molecule has 0 unspecified atom stereocenters. The van der Waals surface area contributed by atoms with Gasteiger partial charge >= 0.3 is 24.3 Å². The summed E-state index contributed by atoms with van der Waals surface area (Å²) < 4.78 is 63.5. The predicted octanol–water partition coefficient (Wildman–Crippen LogP) is 4.61. The lowest BCUT2D eigenvalue weighted by Crippen LogP contribution is -2.55. The highest BCUT2D eigenvalue weighted by Gasteiger charge is 2.45. The normalized spacial score (nSPS) is 19.3. The molecule has 3 saturated heterocycles. The molecule has 5 rings (SSSR count). The Morgan fingerprint density at radius 3 is 1.96 bits per heavy atom. The number of carboxylic acids is 2. The lowest BCUT2D eigenvalue weighted by molar-refractivity contribution is -0.193. The molecule has 5 N–H and O–H groups in total. The van der Waals surface area contributed by atoms with Gasteiger partial charge in [0, 0.05) is 6.42 Å². The number of carbonyl (C=O) groups is 4. The van der Waals surface area contributed by atoms with Crippen molar-refractivity contribution in [3.8, 4) is 11.3 Å². The third-order valence-corrected chi connectivity index (χ3v) is 7.61. The minimum Gasteiger partial charge on any atom is -0.475 e. The Labute approximate surface area is 265 Å². The van der Waals surface area contributed by atoms with Crippen LogP contribution in [0.5, 0.6) is 0 Å². The van der Waals surface area contributed by atoms with Crippen LogP contribution in [-0.4, -0.2) is 87.9 Å². The first kappa shape index (κ1) is 39.0. The van der Waals surface area contributed by atoms with Gasteiger partial charge in [-0.25, -0.2) is 20.1 Å². The summed E-state index contributed by atoms with van der Waals surface area (Å²) in [4.78, 5) is 58.0. The van der Waals surface area contributed by atoms with Crippen LogP contribution < -0.4 is 10.8 Å². The minimum absolute atomic E-state index is 0.108.